The fourth-order valence-electron chi connectivity index (χ4n) is 2.64. The van der Waals surface area contributed by atoms with E-state index in [0.717, 1.165) is 43.5 Å². The summed E-state index contributed by atoms with van der Waals surface area (Å²) in [5.41, 5.74) is 0.897. The van der Waals surface area contributed by atoms with Crippen molar-refractivity contribution >= 4 is 11.6 Å². The Balaban J connectivity index is 2.01. The lowest BCUT2D eigenvalue weighted by molar-refractivity contribution is 0.446. The van der Waals surface area contributed by atoms with Crippen LogP contribution in [0.4, 0.5) is 13.2 Å². The Kier molecular flexibility index (Phi) is 3.46. The molecule has 0 aliphatic heterocycles. The van der Waals surface area contributed by atoms with E-state index in [-0.39, 0.29) is 10.8 Å². The lowest BCUT2D eigenvalue weighted by Crippen LogP contribution is -2.02. The van der Waals surface area contributed by atoms with Crippen LogP contribution >= 0.6 is 11.6 Å². The van der Waals surface area contributed by atoms with E-state index in [4.69, 9.17) is 11.6 Å². The third-order valence-electron chi connectivity index (χ3n) is 3.67. The van der Waals surface area contributed by atoms with Crippen LogP contribution in [0.1, 0.15) is 37.3 Å². The summed E-state index contributed by atoms with van der Waals surface area (Å²) in [7, 11) is 0. The summed E-state index contributed by atoms with van der Waals surface area (Å²) in [4.78, 5) is 0. The fraction of sp³-hybridized carbons (Fsp3) is 0.357. The van der Waals surface area contributed by atoms with Gasteiger partial charge in [0.05, 0.1) is 11.4 Å². The number of nitrogens with zero attached hydrogens (tertiary/aromatic N) is 2. The van der Waals surface area contributed by atoms with Crippen molar-refractivity contribution in [1.82, 2.24) is 9.78 Å². The number of rotatable bonds is 2. The molecule has 6 heteroatoms. The molecular weight excluding hydrogens is 289 g/mol. The molecule has 0 N–H and O–H groups in total. The van der Waals surface area contributed by atoms with Crippen LogP contribution in [-0.2, 0) is 0 Å². The third kappa shape index (κ3) is 2.30. The number of aromatic nitrogens is 2. The highest BCUT2D eigenvalue weighted by Crippen LogP contribution is 2.35. The Morgan fingerprint density at radius 1 is 1.05 bits per heavy atom. The first-order valence-corrected chi connectivity index (χ1v) is 6.84. The largest absolute Gasteiger partial charge is 0.222 e. The zero-order valence-corrected chi connectivity index (χ0v) is 11.3. The maximum atomic E-state index is 13.3. The van der Waals surface area contributed by atoms with Crippen LogP contribution < -0.4 is 0 Å². The SMILES string of the molecule is Fc1cc(-n2nc(C3CCCC3)cc2Cl)cc(F)c1F. The van der Waals surface area contributed by atoms with Crippen molar-refractivity contribution in [3.8, 4) is 5.69 Å². The Morgan fingerprint density at radius 2 is 1.65 bits per heavy atom. The van der Waals surface area contributed by atoms with Crippen LogP contribution in [0.3, 0.4) is 0 Å². The van der Waals surface area contributed by atoms with Crippen LogP contribution in [0.15, 0.2) is 18.2 Å². The molecule has 0 saturated heterocycles. The molecule has 0 radical (unpaired) electrons. The van der Waals surface area contributed by atoms with Gasteiger partial charge in [0.2, 0.25) is 0 Å². The predicted molar refractivity (Wildman–Crippen MR) is 69.7 cm³/mol. The van der Waals surface area contributed by atoms with Gasteiger partial charge in [0.1, 0.15) is 5.15 Å². The summed E-state index contributed by atoms with van der Waals surface area (Å²) < 4.78 is 40.7. The number of hydrogen-bond acceptors (Lipinski definition) is 1. The molecule has 1 fully saturated rings. The van der Waals surface area contributed by atoms with Gasteiger partial charge in [-0.3, -0.25) is 0 Å². The van der Waals surface area contributed by atoms with Crippen molar-refractivity contribution in [2.24, 2.45) is 0 Å². The second-order valence-electron chi connectivity index (χ2n) is 5.01. The number of halogens is 4. The molecular formula is C14H12ClF3N2. The molecule has 2 aromatic rings. The molecule has 1 aliphatic carbocycles. The van der Waals surface area contributed by atoms with E-state index in [2.05, 4.69) is 5.10 Å². The van der Waals surface area contributed by atoms with Gasteiger partial charge in [-0.1, -0.05) is 24.4 Å². The zero-order chi connectivity index (χ0) is 14.3. The summed E-state index contributed by atoms with van der Waals surface area (Å²) >= 11 is 6.06. The molecule has 0 unspecified atom stereocenters. The lowest BCUT2D eigenvalue weighted by atomic mass is 10.1. The second kappa shape index (κ2) is 5.13. The maximum absolute atomic E-state index is 13.3. The van der Waals surface area contributed by atoms with Gasteiger partial charge >= 0.3 is 0 Å². The van der Waals surface area contributed by atoms with Crippen molar-refractivity contribution in [3.05, 3.63) is 46.5 Å². The molecule has 3 rings (SSSR count). The average Bonchev–Trinajstić information content (AvgIpc) is 3.04. The Hall–Kier alpha value is -1.49. The van der Waals surface area contributed by atoms with E-state index >= 15 is 0 Å². The molecule has 106 valence electrons. The van der Waals surface area contributed by atoms with Crippen molar-refractivity contribution in [3.63, 3.8) is 0 Å². The smallest absolute Gasteiger partial charge is 0.194 e. The monoisotopic (exact) mass is 300 g/mol. The first kappa shape index (κ1) is 13.5. The Morgan fingerprint density at radius 3 is 2.25 bits per heavy atom. The third-order valence-corrected chi connectivity index (χ3v) is 3.94. The standard InChI is InChI=1S/C14H12ClF3N2/c15-13-7-12(8-3-1-2-4-8)19-20(13)9-5-10(16)14(18)11(17)6-9/h5-8H,1-4H2. The first-order valence-electron chi connectivity index (χ1n) is 6.46. The highest BCUT2D eigenvalue weighted by molar-refractivity contribution is 6.29. The van der Waals surface area contributed by atoms with Crippen LogP contribution in [0.5, 0.6) is 0 Å². The number of hydrogen-bond donors (Lipinski definition) is 0. The normalized spacial score (nSPS) is 16.0. The number of benzene rings is 1. The van der Waals surface area contributed by atoms with Gasteiger partial charge in [-0.2, -0.15) is 5.10 Å². The van der Waals surface area contributed by atoms with E-state index in [0.29, 0.717) is 5.92 Å². The van der Waals surface area contributed by atoms with Gasteiger partial charge in [0, 0.05) is 18.1 Å². The molecule has 1 aromatic heterocycles. The zero-order valence-electron chi connectivity index (χ0n) is 10.5. The van der Waals surface area contributed by atoms with Gasteiger partial charge in [-0.05, 0) is 18.9 Å². The summed E-state index contributed by atoms with van der Waals surface area (Å²) in [6.45, 7) is 0. The van der Waals surface area contributed by atoms with E-state index < -0.39 is 17.5 Å². The van der Waals surface area contributed by atoms with E-state index in [1.54, 1.807) is 6.07 Å². The molecule has 2 nitrogen and oxygen atoms in total. The predicted octanol–water partition coefficient (Wildman–Crippen LogP) is 4.60. The summed E-state index contributed by atoms with van der Waals surface area (Å²) in [5.74, 6) is -3.67. The van der Waals surface area contributed by atoms with Crippen molar-refractivity contribution in [2.75, 3.05) is 0 Å². The van der Waals surface area contributed by atoms with Gasteiger partial charge in [0.15, 0.2) is 17.5 Å². The molecule has 1 aromatic carbocycles. The quantitative estimate of drug-likeness (QED) is 0.741. The second-order valence-corrected chi connectivity index (χ2v) is 5.40. The van der Waals surface area contributed by atoms with Gasteiger partial charge < -0.3 is 0 Å². The van der Waals surface area contributed by atoms with E-state index in [9.17, 15) is 13.2 Å². The minimum atomic E-state index is -1.49. The molecule has 1 heterocycles. The molecule has 0 spiro atoms. The Bertz CT molecular complexity index is 625. The van der Waals surface area contributed by atoms with Crippen LogP contribution in [-0.4, -0.2) is 9.78 Å². The molecule has 1 saturated carbocycles. The average molecular weight is 301 g/mol. The minimum absolute atomic E-state index is 0.0793. The lowest BCUT2D eigenvalue weighted by Gasteiger charge is -2.06. The Labute approximate surface area is 119 Å². The summed E-state index contributed by atoms with van der Waals surface area (Å²) in [5, 5.41) is 4.56. The summed E-state index contributed by atoms with van der Waals surface area (Å²) in [6.07, 6.45) is 4.38. The van der Waals surface area contributed by atoms with Gasteiger partial charge in [-0.15, -0.1) is 0 Å². The fourth-order valence-corrected chi connectivity index (χ4v) is 2.89. The van der Waals surface area contributed by atoms with Gasteiger partial charge in [-0.25, -0.2) is 17.9 Å². The topological polar surface area (TPSA) is 17.8 Å². The maximum Gasteiger partial charge on any atom is 0.194 e. The molecule has 20 heavy (non-hydrogen) atoms. The first-order chi connectivity index (χ1) is 9.56. The highest BCUT2D eigenvalue weighted by Gasteiger charge is 2.22. The van der Waals surface area contributed by atoms with Gasteiger partial charge in [0.25, 0.3) is 0 Å². The minimum Gasteiger partial charge on any atom is -0.222 e. The van der Waals surface area contributed by atoms with Crippen LogP contribution in [0.2, 0.25) is 5.15 Å². The highest BCUT2D eigenvalue weighted by atomic mass is 35.5. The molecule has 1 aliphatic rings. The van der Waals surface area contributed by atoms with E-state index in [1.807, 2.05) is 0 Å². The molecule has 0 atom stereocenters. The van der Waals surface area contributed by atoms with E-state index in [1.165, 1.54) is 4.68 Å². The molecule has 0 amide bonds. The van der Waals surface area contributed by atoms with Crippen LogP contribution in [0.25, 0.3) is 5.69 Å². The van der Waals surface area contributed by atoms with Crippen molar-refractivity contribution in [2.45, 2.75) is 31.6 Å². The summed E-state index contributed by atoms with van der Waals surface area (Å²) in [6, 6.07) is 3.47. The van der Waals surface area contributed by atoms with Crippen LogP contribution in [0, 0.1) is 17.5 Å². The molecule has 0 bridgehead atoms. The van der Waals surface area contributed by atoms with Crippen molar-refractivity contribution < 1.29 is 13.2 Å². The van der Waals surface area contributed by atoms with Crippen molar-refractivity contribution in [1.29, 1.82) is 0 Å².